The van der Waals surface area contributed by atoms with Crippen LogP contribution in [0.25, 0.3) is 0 Å². The van der Waals surface area contributed by atoms with Crippen molar-refractivity contribution in [3.05, 3.63) is 33.8 Å². The van der Waals surface area contributed by atoms with Crippen LogP contribution in [0.15, 0.2) is 22.7 Å². The van der Waals surface area contributed by atoms with Crippen molar-refractivity contribution in [3.63, 3.8) is 0 Å². The first-order valence-electron chi connectivity index (χ1n) is 5.66. The summed E-state index contributed by atoms with van der Waals surface area (Å²) in [6.07, 6.45) is 4.54. The average molecular weight is 314 g/mol. The van der Waals surface area contributed by atoms with Crippen LogP contribution in [0.3, 0.4) is 0 Å². The van der Waals surface area contributed by atoms with Crippen LogP contribution in [0.4, 0.5) is 0 Å². The van der Waals surface area contributed by atoms with Crippen molar-refractivity contribution in [2.45, 2.75) is 24.5 Å². The second kappa shape index (κ2) is 5.02. The average Bonchev–Trinajstić information content (AvgIpc) is 3.10. The van der Waals surface area contributed by atoms with Crippen molar-refractivity contribution < 1.29 is 4.79 Å². The number of benzene rings is 1. The Morgan fingerprint density at radius 2 is 2.24 bits per heavy atom. The molecule has 1 aliphatic carbocycles. The zero-order chi connectivity index (χ0) is 12.5. The topological polar surface area (TPSA) is 29.1 Å². The van der Waals surface area contributed by atoms with E-state index in [1.807, 2.05) is 36.9 Å². The maximum atomic E-state index is 12.0. The molecule has 0 unspecified atom stereocenters. The molecule has 0 radical (unpaired) electrons. The molecule has 2 rings (SSSR count). The lowest BCUT2D eigenvalue weighted by Crippen LogP contribution is -2.31. The maximum absolute atomic E-state index is 12.0. The molecule has 1 aliphatic rings. The van der Waals surface area contributed by atoms with Crippen molar-refractivity contribution in [2.75, 3.05) is 12.8 Å². The molecule has 0 bridgehead atoms. The first-order valence-corrected chi connectivity index (χ1v) is 7.68. The first kappa shape index (κ1) is 13.0. The highest BCUT2D eigenvalue weighted by atomic mass is 79.9. The van der Waals surface area contributed by atoms with Crippen LogP contribution in [0.2, 0.25) is 0 Å². The Morgan fingerprint density at radius 3 is 2.76 bits per heavy atom. The van der Waals surface area contributed by atoms with Crippen molar-refractivity contribution in [1.82, 2.24) is 5.32 Å². The first-order chi connectivity index (χ1) is 8.06. The van der Waals surface area contributed by atoms with E-state index < -0.39 is 0 Å². The Hall–Kier alpha value is -0.480. The maximum Gasteiger partial charge on any atom is 0.251 e. The molecule has 2 nitrogen and oxygen atoms in total. The zero-order valence-corrected chi connectivity index (χ0v) is 12.5. The number of nitrogens with one attached hydrogen (secondary N) is 1. The van der Waals surface area contributed by atoms with Crippen LogP contribution >= 0.6 is 27.7 Å². The highest BCUT2D eigenvalue weighted by Gasteiger charge is 2.41. The third kappa shape index (κ3) is 3.05. The van der Waals surface area contributed by atoms with Crippen LogP contribution in [0, 0.1) is 6.92 Å². The van der Waals surface area contributed by atoms with Gasteiger partial charge in [0.1, 0.15) is 0 Å². The summed E-state index contributed by atoms with van der Waals surface area (Å²) in [6, 6.07) is 5.71. The number of aryl methyl sites for hydroxylation is 1. The summed E-state index contributed by atoms with van der Waals surface area (Å²) in [7, 11) is 0. The van der Waals surface area contributed by atoms with Gasteiger partial charge in [0.2, 0.25) is 0 Å². The van der Waals surface area contributed by atoms with Gasteiger partial charge in [0.15, 0.2) is 0 Å². The molecular formula is C13H16BrNOS. The van der Waals surface area contributed by atoms with E-state index in [9.17, 15) is 4.79 Å². The van der Waals surface area contributed by atoms with Gasteiger partial charge in [-0.2, -0.15) is 11.8 Å². The fourth-order valence-electron chi connectivity index (χ4n) is 1.67. The van der Waals surface area contributed by atoms with Crippen LogP contribution in [0.5, 0.6) is 0 Å². The van der Waals surface area contributed by atoms with E-state index in [0.29, 0.717) is 4.75 Å². The standard InChI is InChI=1S/C13H16BrNOS/c1-9-3-4-10(7-11(9)14)12(16)15-8-13(17-2)5-6-13/h3-4,7H,5-6,8H2,1-2H3,(H,15,16). The van der Waals surface area contributed by atoms with Gasteiger partial charge in [0.25, 0.3) is 5.91 Å². The molecule has 1 fully saturated rings. The predicted molar refractivity (Wildman–Crippen MR) is 76.7 cm³/mol. The minimum absolute atomic E-state index is 0.0195. The number of carbonyl (C=O) groups excluding carboxylic acids is 1. The number of hydrogen-bond donors (Lipinski definition) is 1. The summed E-state index contributed by atoms with van der Waals surface area (Å²) < 4.78 is 1.30. The van der Waals surface area contributed by atoms with Gasteiger partial charge in [-0.05, 0) is 43.7 Å². The molecule has 1 N–H and O–H groups in total. The molecule has 0 spiro atoms. The minimum atomic E-state index is 0.0195. The van der Waals surface area contributed by atoms with E-state index in [1.54, 1.807) is 0 Å². The van der Waals surface area contributed by atoms with E-state index in [-0.39, 0.29) is 5.91 Å². The van der Waals surface area contributed by atoms with Crippen molar-refractivity contribution in [3.8, 4) is 0 Å². The number of thioether (sulfide) groups is 1. The van der Waals surface area contributed by atoms with Crippen molar-refractivity contribution in [1.29, 1.82) is 0 Å². The molecule has 0 aromatic heterocycles. The molecule has 1 aromatic rings. The fourth-order valence-corrected chi connectivity index (χ4v) is 2.78. The summed E-state index contributed by atoms with van der Waals surface area (Å²) in [5.74, 6) is 0.0195. The molecule has 17 heavy (non-hydrogen) atoms. The van der Waals surface area contributed by atoms with Crippen LogP contribution in [-0.2, 0) is 0 Å². The van der Waals surface area contributed by atoms with Gasteiger partial charge >= 0.3 is 0 Å². The van der Waals surface area contributed by atoms with Crippen LogP contribution in [0.1, 0.15) is 28.8 Å². The second-order valence-electron chi connectivity index (χ2n) is 4.53. The highest BCUT2D eigenvalue weighted by Crippen LogP contribution is 2.46. The molecule has 92 valence electrons. The largest absolute Gasteiger partial charge is 0.351 e. The van der Waals surface area contributed by atoms with E-state index in [0.717, 1.165) is 22.1 Å². The third-order valence-electron chi connectivity index (χ3n) is 3.25. The van der Waals surface area contributed by atoms with Gasteiger partial charge in [-0.15, -0.1) is 0 Å². The molecule has 0 aliphatic heterocycles. The van der Waals surface area contributed by atoms with E-state index in [1.165, 1.54) is 12.8 Å². The van der Waals surface area contributed by atoms with Crippen LogP contribution in [-0.4, -0.2) is 23.5 Å². The zero-order valence-electron chi connectivity index (χ0n) is 10.0. The van der Waals surface area contributed by atoms with Gasteiger partial charge < -0.3 is 5.32 Å². The smallest absolute Gasteiger partial charge is 0.251 e. The quantitative estimate of drug-likeness (QED) is 0.923. The summed E-state index contributed by atoms with van der Waals surface area (Å²) in [5.41, 5.74) is 1.86. The Labute approximate surface area is 115 Å². The summed E-state index contributed by atoms with van der Waals surface area (Å²) in [5, 5.41) is 3.02. The Kier molecular flexibility index (Phi) is 3.83. The third-order valence-corrected chi connectivity index (χ3v) is 5.52. The minimum Gasteiger partial charge on any atom is -0.351 e. The molecule has 1 amide bonds. The SMILES string of the molecule is CSC1(CNC(=O)c2ccc(C)c(Br)c2)CC1. The lowest BCUT2D eigenvalue weighted by Gasteiger charge is -2.13. The summed E-state index contributed by atoms with van der Waals surface area (Å²) in [4.78, 5) is 12.0. The van der Waals surface area contributed by atoms with Gasteiger partial charge in [-0.1, -0.05) is 22.0 Å². The normalized spacial score (nSPS) is 16.6. The second-order valence-corrected chi connectivity index (χ2v) is 6.66. The van der Waals surface area contributed by atoms with Crippen molar-refractivity contribution in [2.24, 2.45) is 0 Å². The predicted octanol–water partition coefficient (Wildman–Crippen LogP) is 3.38. The Morgan fingerprint density at radius 1 is 1.53 bits per heavy atom. The van der Waals surface area contributed by atoms with E-state index >= 15 is 0 Å². The summed E-state index contributed by atoms with van der Waals surface area (Å²) >= 11 is 5.30. The number of rotatable bonds is 4. The lowest BCUT2D eigenvalue weighted by molar-refractivity contribution is 0.0953. The number of halogens is 1. The van der Waals surface area contributed by atoms with E-state index in [2.05, 4.69) is 27.5 Å². The fraction of sp³-hybridized carbons (Fsp3) is 0.462. The van der Waals surface area contributed by atoms with Gasteiger partial charge in [0.05, 0.1) is 0 Å². The number of amides is 1. The Balaban J connectivity index is 1.97. The monoisotopic (exact) mass is 313 g/mol. The number of hydrogen-bond acceptors (Lipinski definition) is 2. The van der Waals surface area contributed by atoms with Crippen LogP contribution < -0.4 is 5.32 Å². The van der Waals surface area contributed by atoms with E-state index in [4.69, 9.17) is 0 Å². The summed E-state index contributed by atoms with van der Waals surface area (Å²) in [6.45, 7) is 2.79. The van der Waals surface area contributed by atoms with Crippen molar-refractivity contribution >= 4 is 33.6 Å². The molecule has 1 saturated carbocycles. The van der Waals surface area contributed by atoms with Gasteiger partial charge in [-0.25, -0.2) is 0 Å². The molecule has 0 heterocycles. The molecule has 0 saturated heterocycles. The molecule has 0 atom stereocenters. The highest BCUT2D eigenvalue weighted by molar-refractivity contribution is 9.10. The molecule has 1 aromatic carbocycles. The van der Waals surface area contributed by atoms with Gasteiger partial charge in [-0.3, -0.25) is 4.79 Å². The lowest BCUT2D eigenvalue weighted by atomic mass is 10.1. The molecule has 4 heteroatoms. The number of carbonyl (C=O) groups is 1. The van der Waals surface area contributed by atoms with Gasteiger partial charge in [0, 0.05) is 21.3 Å². The Bertz CT molecular complexity index is 443. The molecular weight excluding hydrogens is 298 g/mol.